The van der Waals surface area contributed by atoms with Gasteiger partial charge in [-0.3, -0.25) is 14.9 Å². The highest BCUT2D eigenvalue weighted by atomic mass is 79.9. The molecular formula is C17H16BrN3O5. The third-order valence-electron chi connectivity index (χ3n) is 3.24. The number of nitrogens with zero attached hydrogens (tertiary/aromatic N) is 2. The number of halogens is 1. The minimum absolute atomic E-state index is 0.0848. The molecular weight excluding hydrogens is 406 g/mol. The van der Waals surface area contributed by atoms with E-state index in [0.29, 0.717) is 10.2 Å². The number of hydrogen-bond acceptors (Lipinski definition) is 6. The van der Waals surface area contributed by atoms with Crippen molar-refractivity contribution in [1.29, 1.82) is 0 Å². The Balaban J connectivity index is 1.98. The van der Waals surface area contributed by atoms with Crippen LogP contribution < -0.4 is 10.2 Å². The molecule has 0 heterocycles. The smallest absolute Gasteiger partial charge is 0.312 e. The van der Waals surface area contributed by atoms with E-state index in [1.807, 2.05) is 32.0 Å². The van der Waals surface area contributed by atoms with Crippen molar-refractivity contribution in [2.24, 2.45) is 5.10 Å². The van der Waals surface area contributed by atoms with Crippen LogP contribution in [0.3, 0.4) is 0 Å². The van der Waals surface area contributed by atoms with Crippen LogP contribution in [0.5, 0.6) is 11.5 Å². The maximum Gasteiger partial charge on any atom is 0.312 e. The molecule has 2 aromatic rings. The van der Waals surface area contributed by atoms with Crippen molar-refractivity contribution in [2.75, 3.05) is 6.61 Å². The molecule has 0 aliphatic rings. The maximum atomic E-state index is 11.8. The predicted molar refractivity (Wildman–Crippen MR) is 99.6 cm³/mol. The molecule has 0 aliphatic heterocycles. The van der Waals surface area contributed by atoms with E-state index < -0.39 is 22.3 Å². The number of nitrogens with one attached hydrogen (secondary N) is 1. The van der Waals surface area contributed by atoms with Crippen LogP contribution in [-0.4, -0.2) is 28.8 Å². The molecule has 0 aliphatic carbocycles. The minimum atomic E-state index is -0.715. The van der Waals surface area contributed by atoms with E-state index in [1.165, 1.54) is 12.1 Å². The molecule has 2 rings (SSSR count). The first-order valence-corrected chi connectivity index (χ1v) is 8.25. The Morgan fingerprint density at radius 2 is 1.96 bits per heavy atom. The number of nitro benzene ring substituents is 1. The fraction of sp³-hybridized carbons (Fsp3) is 0.176. The Kier molecular flexibility index (Phi) is 6.29. The van der Waals surface area contributed by atoms with Crippen LogP contribution in [0.2, 0.25) is 0 Å². The third kappa shape index (κ3) is 5.28. The molecule has 2 aromatic carbocycles. The van der Waals surface area contributed by atoms with Crippen LogP contribution in [-0.2, 0) is 4.79 Å². The molecule has 9 heteroatoms. The van der Waals surface area contributed by atoms with E-state index in [-0.39, 0.29) is 12.2 Å². The number of aromatic hydroxyl groups is 1. The molecule has 0 spiro atoms. The number of hydrogen-bond donors (Lipinski definition) is 2. The van der Waals surface area contributed by atoms with Gasteiger partial charge in [0.2, 0.25) is 5.75 Å². The van der Waals surface area contributed by atoms with Crippen LogP contribution in [0.15, 0.2) is 39.9 Å². The van der Waals surface area contributed by atoms with Gasteiger partial charge in [0, 0.05) is 16.1 Å². The van der Waals surface area contributed by atoms with E-state index in [4.69, 9.17) is 4.74 Å². The number of hydrazone groups is 1. The van der Waals surface area contributed by atoms with Gasteiger partial charge in [0.05, 0.1) is 11.1 Å². The number of carbonyl (C=O) groups is 1. The van der Waals surface area contributed by atoms with Crippen LogP contribution in [0, 0.1) is 24.0 Å². The van der Waals surface area contributed by atoms with Crippen molar-refractivity contribution in [3.8, 4) is 11.5 Å². The Morgan fingerprint density at radius 3 is 2.58 bits per heavy atom. The quantitative estimate of drug-likeness (QED) is 0.422. The highest BCUT2D eigenvalue weighted by Crippen LogP contribution is 2.32. The van der Waals surface area contributed by atoms with Gasteiger partial charge < -0.3 is 9.84 Å². The van der Waals surface area contributed by atoms with Gasteiger partial charge in [-0.05, 0) is 43.2 Å². The molecule has 8 nitrogen and oxygen atoms in total. The average molecular weight is 422 g/mol. The third-order valence-corrected chi connectivity index (χ3v) is 3.70. The summed E-state index contributed by atoms with van der Waals surface area (Å²) in [5.41, 5.74) is 3.89. The molecule has 26 heavy (non-hydrogen) atoms. The summed E-state index contributed by atoms with van der Waals surface area (Å²) in [6, 6.07) is 8.21. The molecule has 0 fully saturated rings. The first kappa shape index (κ1) is 19.4. The number of carbonyl (C=O) groups excluding carboxylic acids is 1. The summed E-state index contributed by atoms with van der Waals surface area (Å²) in [6.07, 6.45) is 1.11. The molecule has 1 amide bonds. The second-order valence-corrected chi connectivity index (χ2v) is 6.44. The van der Waals surface area contributed by atoms with Gasteiger partial charge in [-0.2, -0.15) is 5.10 Å². The Labute approximate surface area is 157 Å². The van der Waals surface area contributed by atoms with Crippen molar-refractivity contribution in [2.45, 2.75) is 13.8 Å². The number of nitro groups is 1. The van der Waals surface area contributed by atoms with E-state index in [0.717, 1.165) is 17.3 Å². The molecule has 0 saturated carbocycles. The molecule has 0 saturated heterocycles. The van der Waals surface area contributed by atoms with E-state index >= 15 is 0 Å². The zero-order valence-corrected chi connectivity index (χ0v) is 15.6. The van der Waals surface area contributed by atoms with Gasteiger partial charge >= 0.3 is 5.69 Å². The van der Waals surface area contributed by atoms with Crippen LogP contribution in [0.4, 0.5) is 5.69 Å². The maximum absolute atomic E-state index is 11.8. The first-order chi connectivity index (χ1) is 12.3. The van der Waals surface area contributed by atoms with Crippen LogP contribution >= 0.6 is 15.9 Å². The topological polar surface area (TPSA) is 114 Å². The lowest BCUT2D eigenvalue weighted by Crippen LogP contribution is -2.24. The number of phenols is 1. The molecule has 0 atom stereocenters. The Morgan fingerprint density at radius 1 is 1.31 bits per heavy atom. The van der Waals surface area contributed by atoms with E-state index in [1.54, 1.807) is 0 Å². The van der Waals surface area contributed by atoms with Crippen LogP contribution in [0.1, 0.15) is 16.7 Å². The second-order valence-electron chi connectivity index (χ2n) is 5.53. The number of benzene rings is 2. The number of rotatable bonds is 6. The Hall–Kier alpha value is -2.94. The largest absolute Gasteiger partial charge is 0.502 e. The highest BCUT2D eigenvalue weighted by molar-refractivity contribution is 9.10. The van der Waals surface area contributed by atoms with Gasteiger partial charge in [-0.15, -0.1) is 0 Å². The number of ether oxygens (including phenoxy) is 1. The summed E-state index contributed by atoms with van der Waals surface area (Å²) >= 11 is 3.11. The minimum Gasteiger partial charge on any atom is -0.502 e. The van der Waals surface area contributed by atoms with Gasteiger partial charge in [-0.1, -0.05) is 22.0 Å². The summed E-state index contributed by atoms with van der Waals surface area (Å²) < 4.78 is 5.79. The first-order valence-electron chi connectivity index (χ1n) is 7.46. The fourth-order valence-corrected chi connectivity index (χ4v) is 2.68. The molecule has 2 N–H and O–H groups in total. The lowest BCUT2D eigenvalue weighted by molar-refractivity contribution is -0.385. The summed E-state index contributed by atoms with van der Waals surface area (Å²) in [7, 11) is 0. The number of aryl methyl sites for hydroxylation is 2. The van der Waals surface area contributed by atoms with Gasteiger partial charge in [0.15, 0.2) is 6.61 Å². The van der Waals surface area contributed by atoms with Crippen molar-refractivity contribution in [3.05, 3.63) is 61.6 Å². The lowest BCUT2D eigenvalue weighted by atomic mass is 10.1. The summed E-state index contributed by atoms with van der Waals surface area (Å²) in [4.78, 5) is 21.9. The highest BCUT2D eigenvalue weighted by Gasteiger charge is 2.17. The summed E-state index contributed by atoms with van der Waals surface area (Å²) in [5.74, 6) is -0.478. The summed E-state index contributed by atoms with van der Waals surface area (Å²) in [6.45, 7) is 3.60. The molecule has 0 aromatic heterocycles. The number of amides is 1. The van der Waals surface area contributed by atoms with E-state index in [2.05, 4.69) is 26.5 Å². The summed E-state index contributed by atoms with van der Waals surface area (Å²) in [5, 5.41) is 24.4. The lowest BCUT2D eigenvalue weighted by Gasteiger charge is -2.07. The van der Waals surface area contributed by atoms with Crippen LogP contribution in [0.25, 0.3) is 0 Å². The van der Waals surface area contributed by atoms with Gasteiger partial charge in [-0.25, -0.2) is 5.43 Å². The SMILES string of the molecule is Cc1cc(C)cc(OCC(=O)NN=Cc2cc(Br)cc([N+](=O)[O-])c2O)c1. The second kappa shape index (κ2) is 8.43. The van der Waals surface area contributed by atoms with Crippen molar-refractivity contribution in [1.82, 2.24) is 5.43 Å². The van der Waals surface area contributed by atoms with Crippen molar-refractivity contribution in [3.63, 3.8) is 0 Å². The molecule has 0 unspecified atom stereocenters. The van der Waals surface area contributed by atoms with Crippen molar-refractivity contribution < 1.29 is 19.6 Å². The monoisotopic (exact) mass is 421 g/mol. The normalized spacial score (nSPS) is 10.7. The molecule has 136 valence electrons. The average Bonchev–Trinajstić information content (AvgIpc) is 2.54. The van der Waals surface area contributed by atoms with Crippen molar-refractivity contribution >= 4 is 33.7 Å². The van der Waals surface area contributed by atoms with E-state index in [9.17, 15) is 20.0 Å². The molecule has 0 bridgehead atoms. The zero-order valence-electron chi connectivity index (χ0n) is 14.0. The van der Waals surface area contributed by atoms with Gasteiger partial charge in [0.25, 0.3) is 5.91 Å². The predicted octanol–water partition coefficient (Wildman–Crippen LogP) is 3.21. The standard InChI is InChI=1S/C17H16BrN3O5/c1-10-3-11(2)5-14(4-10)26-9-16(22)20-19-8-12-6-13(18)7-15(17(12)23)21(24)25/h3-8,23H,9H2,1-2H3,(H,20,22). The zero-order chi connectivity index (χ0) is 19.3. The number of phenolic OH excluding ortho intramolecular Hbond substituents is 1. The molecule has 0 radical (unpaired) electrons. The van der Waals surface area contributed by atoms with Gasteiger partial charge in [0.1, 0.15) is 5.75 Å². The fourth-order valence-electron chi connectivity index (χ4n) is 2.21. The Bertz CT molecular complexity index is 863.